The maximum atomic E-state index is 12.9. The maximum absolute atomic E-state index is 12.9. The van der Waals surface area contributed by atoms with Crippen LogP contribution in [0.5, 0.6) is 11.5 Å². The highest BCUT2D eigenvalue weighted by Gasteiger charge is 2.15. The molecular formula is C21H28N2O3. The molecule has 0 heterocycles. The number of benzene rings is 2. The molecule has 0 fully saturated rings. The van der Waals surface area contributed by atoms with Gasteiger partial charge in [0, 0.05) is 35.3 Å². The van der Waals surface area contributed by atoms with E-state index in [1.807, 2.05) is 27.7 Å². The molecule has 140 valence electrons. The molecule has 0 saturated carbocycles. The fourth-order valence-corrected chi connectivity index (χ4v) is 2.66. The molecule has 2 aromatic carbocycles. The van der Waals surface area contributed by atoms with Crippen LogP contribution in [0.3, 0.4) is 0 Å². The first-order chi connectivity index (χ1) is 12.3. The lowest BCUT2D eigenvalue weighted by Gasteiger charge is -2.16. The van der Waals surface area contributed by atoms with E-state index in [-0.39, 0.29) is 18.0 Å². The minimum Gasteiger partial charge on any atom is -0.491 e. The average Bonchev–Trinajstić information content (AvgIpc) is 2.60. The zero-order chi connectivity index (χ0) is 19.3. The standard InChI is InChI=1S/C21H28N2O3/c1-13(2)25-19-7-5-15(9-17(19)11-22)21(24)16-6-8-20(26-14(3)4)18(10-16)12-23/h5-10,13-14H,11-12,22-23H2,1-4H3. The van der Waals surface area contributed by atoms with Gasteiger partial charge < -0.3 is 20.9 Å². The Labute approximate surface area is 155 Å². The molecule has 0 aliphatic heterocycles. The number of nitrogens with two attached hydrogens (primary N) is 2. The second-order valence-electron chi connectivity index (χ2n) is 6.72. The van der Waals surface area contributed by atoms with Crippen molar-refractivity contribution >= 4 is 5.78 Å². The Morgan fingerprint density at radius 2 is 1.19 bits per heavy atom. The molecular weight excluding hydrogens is 328 g/mol. The number of carbonyl (C=O) groups excluding carboxylic acids is 1. The van der Waals surface area contributed by atoms with Crippen LogP contribution < -0.4 is 20.9 Å². The Bertz CT molecular complexity index is 706. The van der Waals surface area contributed by atoms with Gasteiger partial charge in [-0.15, -0.1) is 0 Å². The summed E-state index contributed by atoms with van der Waals surface area (Å²) < 4.78 is 11.5. The molecule has 0 unspecified atom stereocenters. The summed E-state index contributed by atoms with van der Waals surface area (Å²) in [4.78, 5) is 12.9. The second-order valence-corrected chi connectivity index (χ2v) is 6.72. The van der Waals surface area contributed by atoms with Gasteiger partial charge in [0.1, 0.15) is 11.5 Å². The Morgan fingerprint density at radius 1 is 0.808 bits per heavy atom. The third-order valence-corrected chi connectivity index (χ3v) is 3.81. The van der Waals surface area contributed by atoms with E-state index in [2.05, 4.69) is 0 Å². The monoisotopic (exact) mass is 356 g/mol. The van der Waals surface area contributed by atoms with Crippen LogP contribution in [0.25, 0.3) is 0 Å². The van der Waals surface area contributed by atoms with Crippen molar-refractivity contribution in [3.8, 4) is 11.5 Å². The third kappa shape index (κ3) is 4.84. The van der Waals surface area contributed by atoms with E-state index in [4.69, 9.17) is 20.9 Å². The maximum Gasteiger partial charge on any atom is 0.193 e. The van der Waals surface area contributed by atoms with E-state index in [9.17, 15) is 4.79 Å². The zero-order valence-electron chi connectivity index (χ0n) is 15.9. The lowest BCUT2D eigenvalue weighted by Crippen LogP contribution is -2.12. The fraction of sp³-hybridized carbons (Fsp3) is 0.381. The molecule has 0 spiro atoms. The highest BCUT2D eigenvalue weighted by molar-refractivity contribution is 6.09. The van der Waals surface area contributed by atoms with E-state index < -0.39 is 0 Å². The second kappa shape index (κ2) is 8.83. The lowest BCUT2D eigenvalue weighted by atomic mass is 9.98. The Morgan fingerprint density at radius 3 is 1.50 bits per heavy atom. The minimum atomic E-state index is -0.0819. The molecule has 0 aliphatic rings. The quantitative estimate of drug-likeness (QED) is 0.708. The van der Waals surface area contributed by atoms with Crippen LogP contribution >= 0.6 is 0 Å². The lowest BCUT2D eigenvalue weighted by molar-refractivity contribution is 0.103. The van der Waals surface area contributed by atoms with Crippen molar-refractivity contribution in [1.82, 2.24) is 0 Å². The van der Waals surface area contributed by atoms with Gasteiger partial charge in [-0.3, -0.25) is 4.79 Å². The van der Waals surface area contributed by atoms with Gasteiger partial charge in [-0.25, -0.2) is 0 Å². The van der Waals surface area contributed by atoms with Crippen molar-refractivity contribution in [3.05, 3.63) is 58.7 Å². The van der Waals surface area contributed by atoms with E-state index in [1.165, 1.54) is 0 Å². The molecule has 0 amide bonds. The van der Waals surface area contributed by atoms with Gasteiger partial charge in [0.05, 0.1) is 12.2 Å². The molecule has 0 atom stereocenters. The van der Waals surface area contributed by atoms with Crippen LogP contribution in [0.2, 0.25) is 0 Å². The number of rotatable bonds is 8. The Balaban J connectivity index is 2.33. The van der Waals surface area contributed by atoms with Crippen molar-refractivity contribution in [1.29, 1.82) is 0 Å². The van der Waals surface area contributed by atoms with E-state index in [0.29, 0.717) is 35.7 Å². The summed E-state index contributed by atoms with van der Waals surface area (Å²) in [5, 5.41) is 0. The predicted octanol–water partition coefficient (Wildman–Crippen LogP) is 3.41. The van der Waals surface area contributed by atoms with Crippen LogP contribution in [-0.4, -0.2) is 18.0 Å². The SMILES string of the molecule is CC(C)Oc1ccc(C(=O)c2ccc(OC(C)C)c(CN)c2)cc1CN. The zero-order valence-corrected chi connectivity index (χ0v) is 15.9. The van der Waals surface area contributed by atoms with Crippen LogP contribution in [0, 0.1) is 0 Å². The first kappa shape index (κ1) is 19.9. The van der Waals surface area contributed by atoms with Gasteiger partial charge in [-0.1, -0.05) is 0 Å². The predicted molar refractivity (Wildman–Crippen MR) is 104 cm³/mol. The first-order valence-electron chi connectivity index (χ1n) is 8.89. The van der Waals surface area contributed by atoms with E-state index in [0.717, 1.165) is 11.1 Å². The molecule has 5 nitrogen and oxygen atoms in total. The molecule has 26 heavy (non-hydrogen) atoms. The number of ketones is 1. The molecule has 2 aromatic rings. The van der Waals surface area contributed by atoms with E-state index in [1.54, 1.807) is 36.4 Å². The van der Waals surface area contributed by atoms with Gasteiger partial charge in [0.25, 0.3) is 0 Å². The van der Waals surface area contributed by atoms with Gasteiger partial charge in [-0.05, 0) is 64.1 Å². The van der Waals surface area contributed by atoms with Gasteiger partial charge in [-0.2, -0.15) is 0 Å². The molecule has 5 heteroatoms. The summed E-state index contributed by atoms with van der Waals surface area (Å²) in [7, 11) is 0. The smallest absolute Gasteiger partial charge is 0.193 e. The van der Waals surface area contributed by atoms with Gasteiger partial charge in [0.2, 0.25) is 0 Å². The fourth-order valence-electron chi connectivity index (χ4n) is 2.66. The van der Waals surface area contributed by atoms with Crippen LogP contribution in [0.4, 0.5) is 0 Å². The summed E-state index contributed by atoms with van der Waals surface area (Å²) >= 11 is 0. The number of ether oxygens (including phenoxy) is 2. The molecule has 0 saturated heterocycles. The molecule has 4 N–H and O–H groups in total. The molecule has 0 radical (unpaired) electrons. The number of hydrogen-bond acceptors (Lipinski definition) is 5. The highest BCUT2D eigenvalue weighted by atomic mass is 16.5. The molecule has 0 aromatic heterocycles. The van der Waals surface area contributed by atoms with Crippen molar-refractivity contribution in [3.63, 3.8) is 0 Å². The first-order valence-corrected chi connectivity index (χ1v) is 8.89. The highest BCUT2D eigenvalue weighted by Crippen LogP contribution is 2.25. The summed E-state index contributed by atoms with van der Waals surface area (Å²) in [5.41, 5.74) is 14.4. The van der Waals surface area contributed by atoms with Crippen LogP contribution in [0.1, 0.15) is 54.7 Å². The Hall–Kier alpha value is -2.37. The van der Waals surface area contributed by atoms with Crippen molar-refractivity contribution in [2.75, 3.05) is 0 Å². The average molecular weight is 356 g/mol. The van der Waals surface area contributed by atoms with Gasteiger partial charge >= 0.3 is 0 Å². The van der Waals surface area contributed by atoms with Crippen molar-refractivity contribution in [2.24, 2.45) is 11.5 Å². The van der Waals surface area contributed by atoms with E-state index >= 15 is 0 Å². The topological polar surface area (TPSA) is 87.6 Å². The van der Waals surface area contributed by atoms with Crippen molar-refractivity contribution < 1.29 is 14.3 Å². The Kier molecular flexibility index (Phi) is 6.77. The molecule has 0 aliphatic carbocycles. The van der Waals surface area contributed by atoms with Crippen LogP contribution in [0.15, 0.2) is 36.4 Å². The third-order valence-electron chi connectivity index (χ3n) is 3.81. The molecule has 0 bridgehead atoms. The normalized spacial score (nSPS) is 11.1. The summed E-state index contributed by atoms with van der Waals surface area (Å²) in [5.74, 6) is 1.34. The van der Waals surface area contributed by atoms with Crippen LogP contribution in [-0.2, 0) is 13.1 Å². The van der Waals surface area contributed by atoms with Gasteiger partial charge in [0.15, 0.2) is 5.78 Å². The summed E-state index contributed by atoms with van der Waals surface area (Å²) in [6.07, 6.45) is 0.0879. The molecule has 2 rings (SSSR count). The van der Waals surface area contributed by atoms with Crippen molar-refractivity contribution in [2.45, 2.75) is 53.0 Å². The minimum absolute atomic E-state index is 0.0439. The number of carbonyl (C=O) groups is 1. The summed E-state index contributed by atoms with van der Waals surface area (Å²) in [6.45, 7) is 8.42. The summed E-state index contributed by atoms with van der Waals surface area (Å²) in [6, 6.07) is 10.7. The largest absolute Gasteiger partial charge is 0.491 e. The number of hydrogen-bond donors (Lipinski definition) is 2.